The van der Waals surface area contributed by atoms with E-state index in [1.54, 1.807) is 41.5 Å². The van der Waals surface area contributed by atoms with E-state index in [9.17, 15) is 9.90 Å². The fourth-order valence-corrected chi connectivity index (χ4v) is 0.719. The number of hydrogen-bond donors (Lipinski definition) is 1. The first-order valence-electron chi connectivity index (χ1n) is 4.99. The summed E-state index contributed by atoms with van der Waals surface area (Å²) >= 11 is 0. The lowest BCUT2D eigenvalue weighted by molar-refractivity contribution is -0.163. The van der Waals surface area contributed by atoms with Crippen molar-refractivity contribution in [3.63, 3.8) is 0 Å². The molecule has 0 aliphatic heterocycles. The smallest absolute Gasteiger partial charge is 0.441 e. The Bertz CT molecular complexity index is 263. The molecule has 0 saturated heterocycles. The Morgan fingerprint density at radius 2 is 1.62 bits per heavy atom. The topological polar surface area (TPSA) is 80.5 Å². The number of carbonyl (C=O) groups excluding carboxylic acids is 1. The molecular weight excluding hydrogens is 212 g/mol. The number of hydrogen-bond acceptors (Lipinski definition) is 5. The van der Waals surface area contributed by atoms with Crippen LogP contribution < -0.4 is 0 Å². The van der Waals surface area contributed by atoms with E-state index in [-0.39, 0.29) is 0 Å². The average molecular weight is 232 g/mol. The zero-order chi connectivity index (χ0) is 13.0. The van der Waals surface area contributed by atoms with Crippen LogP contribution in [0.3, 0.4) is 0 Å². The van der Waals surface area contributed by atoms with Gasteiger partial charge in [0, 0.05) is 0 Å². The van der Waals surface area contributed by atoms with Crippen molar-refractivity contribution in [3.8, 4) is 0 Å². The number of carbonyl (C=O) groups is 1. The van der Waals surface area contributed by atoms with Crippen LogP contribution in [-0.2, 0) is 9.47 Å². The van der Waals surface area contributed by atoms with Crippen molar-refractivity contribution in [1.29, 1.82) is 0 Å². The van der Waals surface area contributed by atoms with E-state index < -0.39 is 23.7 Å². The Labute approximate surface area is 95.7 Å². The van der Waals surface area contributed by atoms with Gasteiger partial charge in [-0.2, -0.15) is 0 Å². The highest BCUT2D eigenvalue weighted by Gasteiger charge is 2.18. The van der Waals surface area contributed by atoms with E-state index >= 15 is 0 Å². The Morgan fingerprint density at radius 1 is 1.12 bits per heavy atom. The van der Waals surface area contributed by atoms with E-state index in [2.05, 4.69) is 10.2 Å². The van der Waals surface area contributed by atoms with Gasteiger partial charge in [0.05, 0.1) is 5.60 Å². The van der Waals surface area contributed by atoms with Gasteiger partial charge in [-0.15, -0.1) is 5.11 Å². The van der Waals surface area contributed by atoms with Crippen molar-refractivity contribution in [2.45, 2.75) is 59.2 Å². The first kappa shape index (κ1) is 15.0. The van der Waals surface area contributed by atoms with Crippen LogP contribution in [0.1, 0.15) is 41.5 Å². The Kier molecular flexibility index (Phi) is 5.02. The second kappa shape index (κ2) is 5.36. The SMILES string of the molecule is CC(C)(C)OC(=O)N=NC(O)OC(C)(C)C. The van der Waals surface area contributed by atoms with Crippen LogP contribution in [0.5, 0.6) is 0 Å². The molecule has 6 heteroatoms. The van der Waals surface area contributed by atoms with E-state index in [0.29, 0.717) is 0 Å². The minimum atomic E-state index is -1.47. The van der Waals surface area contributed by atoms with Gasteiger partial charge in [0.1, 0.15) is 5.60 Å². The first-order valence-corrected chi connectivity index (χ1v) is 4.99. The first-order chi connectivity index (χ1) is 6.99. The second-order valence-corrected chi connectivity index (χ2v) is 5.25. The van der Waals surface area contributed by atoms with Crippen molar-refractivity contribution >= 4 is 6.09 Å². The summed E-state index contributed by atoms with van der Waals surface area (Å²) in [7, 11) is 0. The molecule has 6 nitrogen and oxygen atoms in total. The van der Waals surface area contributed by atoms with Crippen molar-refractivity contribution < 1.29 is 19.4 Å². The number of amides is 1. The maximum Gasteiger partial charge on any atom is 0.452 e. The number of aliphatic hydroxyl groups excluding tert-OH is 1. The van der Waals surface area contributed by atoms with Gasteiger partial charge in [-0.1, -0.05) is 5.11 Å². The zero-order valence-corrected chi connectivity index (χ0v) is 10.6. The molecule has 94 valence electrons. The maximum absolute atomic E-state index is 11.1. The van der Waals surface area contributed by atoms with Gasteiger partial charge in [0.25, 0.3) is 6.41 Å². The van der Waals surface area contributed by atoms with E-state index in [1.165, 1.54) is 0 Å². The highest BCUT2D eigenvalue weighted by molar-refractivity contribution is 5.67. The predicted octanol–water partition coefficient (Wildman–Crippen LogP) is 2.46. The van der Waals surface area contributed by atoms with Crippen molar-refractivity contribution in [2.75, 3.05) is 0 Å². The molecule has 1 atom stereocenters. The average Bonchev–Trinajstić information content (AvgIpc) is 1.94. The van der Waals surface area contributed by atoms with Gasteiger partial charge in [0.2, 0.25) is 0 Å². The van der Waals surface area contributed by atoms with Crippen LogP contribution >= 0.6 is 0 Å². The molecule has 0 aromatic carbocycles. The lowest BCUT2D eigenvalue weighted by Gasteiger charge is -2.20. The highest BCUT2D eigenvalue weighted by Crippen LogP contribution is 2.11. The molecule has 16 heavy (non-hydrogen) atoms. The quantitative estimate of drug-likeness (QED) is 0.585. The molecule has 0 aliphatic rings. The van der Waals surface area contributed by atoms with Crippen molar-refractivity contribution in [1.82, 2.24) is 0 Å². The van der Waals surface area contributed by atoms with E-state index in [4.69, 9.17) is 9.47 Å². The molecule has 0 spiro atoms. The second-order valence-electron chi connectivity index (χ2n) is 5.25. The van der Waals surface area contributed by atoms with Crippen LogP contribution in [0.4, 0.5) is 4.79 Å². The highest BCUT2D eigenvalue weighted by atomic mass is 16.6. The van der Waals surface area contributed by atoms with Crippen LogP contribution in [0.25, 0.3) is 0 Å². The summed E-state index contributed by atoms with van der Waals surface area (Å²) in [6.45, 7) is 10.4. The van der Waals surface area contributed by atoms with Crippen molar-refractivity contribution in [2.24, 2.45) is 10.2 Å². The largest absolute Gasteiger partial charge is 0.452 e. The van der Waals surface area contributed by atoms with Gasteiger partial charge in [-0.25, -0.2) is 4.79 Å². The van der Waals surface area contributed by atoms with Crippen LogP contribution in [0.15, 0.2) is 10.2 Å². The molecule has 0 aromatic heterocycles. The molecule has 1 unspecified atom stereocenters. The predicted molar refractivity (Wildman–Crippen MR) is 57.9 cm³/mol. The third-order valence-electron chi connectivity index (χ3n) is 1.09. The minimum Gasteiger partial charge on any atom is -0.441 e. The summed E-state index contributed by atoms with van der Waals surface area (Å²) in [6.07, 6.45) is -2.32. The van der Waals surface area contributed by atoms with E-state index in [1.807, 2.05) is 0 Å². The van der Waals surface area contributed by atoms with Crippen LogP contribution in [-0.4, -0.2) is 28.8 Å². The molecule has 0 bridgehead atoms. The number of rotatable bonds is 2. The molecule has 1 N–H and O–H groups in total. The molecule has 0 radical (unpaired) electrons. The number of aliphatic hydroxyl groups is 1. The molecule has 0 aliphatic carbocycles. The summed E-state index contributed by atoms with van der Waals surface area (Å²) in [6, 6.07) is 0. The third kappa shape index (κ3) is 9.54. The standard InChI is InChI=1S/C10H20N2O4/c1-9(2,3)15-7(13)11-12-8(14)16-10(4,5)6/h7,13H,1-6H3. The summed E-state index contributed by atoms with van der Waals surface area (Å²) in [5.41, 5.74) is -1.20. The molecule has 0 aromatic rings. The lowest BCUT2D eigenvalue weighted by Crippen LogP contribution is -2.26. The Morgan fingerprint density at radius 3 is 2.00 bits per heavy atom. The normalized spacial score (nSPS) is 15.2. The van der Waals surface area contributed by atoms with Gasteiger partial charge < -0.3 is 14.6 Å². The summed E-state index contributed by atoms with van der Waals surface area (Å²) < 4.78 is 9.86. The Balaban J connectivity index is 4.14. The molecule has 0 heterocycles. The van der Waals surface area contributed by atoms with Gasteiger partial charge in [-0.05, 0) is 41.5 Å². The van der Waals surface area contributed by atoms with Crippen LogP contribution in [0, 0.1) is 0 Å². The number of azo groups is 1. The summed E-state index contributed by atoms with van der Waals surface area (Å²) in [5.74, 6) is 0. The van der Waals surface area contributed by atoms with Crippen LogP contribution in [0.2, 0.25) is 0 Å². The van der Waals surface area contributed by atoms with Crippen molar-refractivity contribution in [3.05, 3.63) is 0 Å². The summed E-state index contributed by atoms with van der Waals surface area (Å²) in [5, 5.41) is 15.7. The molecular formula is C10H20N2O4. The molecule has 0 rings (SSSR count). The summed E-state index contributed by atoms with van der Waals surface area (Å²) in [4.78, 5) is 11.1. The number of nitrogens with zero attached hydrogens (tertiary/aromatic N) is 2. The molecule has 0 fully saturated rings. The van der Waals surface area contributed by atoms with Gasteiger partial charge in [0.15, 0.2) is 0 Å². The fourth-order valence-electron chi connectivity index (χ4n) is 0.719. The van der Waals surface area contributed by atoms with Gasteiger partial charge >= 0.3 is 6.09 Å². The van der Waals surface area contributed by atoms with Gasteiger partial charge in [-0.3, -0.25) is 0 Å². The fraction of sp³-hybridized carbons (Fsp3) is 0.900. The maximum atomic E-state index is 11.1. The zero-order valence-electron chi connectivity index (χ0n) is 10.6. The van der Waals surface area contributed by atoms with E-state index in [0.717, 1.165) is 0 Å². The molecule has 0 saturated carbocycles. The minimum absolute atomic E-state index is 0.563. The Hall–Kier alpha value is -1.01. The number of ether oxygens (including phenoxy) is 2. The monoisotopic (exact) mass is 232 g/mol. The molecule has 1 amide bonds. The lowest BCUT2D eigenvalue weighted by atomic mass is 10.2. The third-order valence-corrected chi connectivity index (χ3v) is 1.09.